The average molecular weight is 402 g/mol. The van der Waals surface area contributed by atoms with Gasteiger partial charge in [-0.25, -0.2) is 8.42 Å². The third-order valence-corrected chi connectivity index (χ3v) is 4.72. The fourth-order valence-electron chi connectivity index (χ4n) is 2.09. The Labute approximate surface area is 154 Å². The number of amides is 1. The molecule has 0 unspecified atom stereocenters. The highest BCUT2D eigenvalue weighted by Crippen LogP contribution is 2.31. The maximum Gasteiger partial charge on any atom is 0.416 e. The van der Waals surface area contributed by atoms with Crippen LogP contribution in [0.15, 0.2) is 53.4 Å². The second kappa shape index (κ2) is 8.30. The summed E-state index contributed by atoms with van der Waals surface area (Å²) in [6.45, 7) is 2.00. The van der Waals surface area contributed by atoms with Gasteiger partial charge < -0.3 is 10.1 Å². The molecule has 0 aliphatic heterocycles. The number of carbonyl (C=O) groups is 1. The molecule has 146 valence electrons. The van der Waals surface area contributed by atoms with Crippen LogP contribution < -0.4 is 14.8 Å². The second-order valence-corrected chi connectivity index (χ2v) is 7.08. The van der Waals surface area contributed by atoms with Crippen molar-refractivity contribution in [3.05, 3.63) is 54.1 Å². The number of benzene rings is 2. The molecule has 0 aliphatic rings. The van der Waals surface area contributed by atoms with E-state index in [4.69, 9.17) is 4.74 Å². The summed E-state index contributed by atoms with van der Waals surface area (Å²) >= 11 is 0. The minimum Gasteiger partial charge on any atom is -0.484 e. The highest BCUT2D eigenvalue weighted by molar-refractivity contribution is 7.92. The van der Waals surface area contributed by atoms with Gasteiger partial charge in [-0.1, -0.05) is 6.07 Å². The van der Waals surface area contributed by atoms with Gasteiger partial charge in [0.05, 0.1) is 10.5 Å². The summed E-state index contributed by atoms with van der Waals surface area (Å²) in [5, 5.41) is 2.54. The van der Waals surface area contributed by atoms with Crippen LogP contribution >= 0.6 is 0 Å². The van der Waals surface area contributed by atoms with Crippen molar-refractivity contribution in [2.45, 2.75) is 18.0 Å². The third kappa shape index (κ3) is 5.88. The van der Waals surface area contributed by atoms with Gasteiger partial charge in [0.15, 0.2) is 6.61 Å². The molecule has 6 nitrogen and oxygen atoms in total. The first-order valence-corrected chi connectivity index (χ1v) is 9.30. The maximum atomic E-state index is 12.7. The van der Waals surface area contributed by atoms with Crippen LogP contribution in [0.5, 0.6) is 5.75 Å². The molecule has 1 amide bonds. The van der Waals surface area contributed by atoms with E-state index in [0.29, 0.717) is 12.6 Å². The average Bonchev–Trinajstić information content (AvgIpc) is 2.60. The van der Waals surface area contributed by atoms with Gasteiger partial charge in [-0.05, 0) is 49.4 Å². The van der Waals surface area contributed by atoms with Crippen molar-refractivity contribution in [1.29, 1.82) is 0 Å². The smallest absolute Gasteiger partial charge is 0.416 e. The molecule has 2 aromatic rings. The van der Waals surface area contributed by atoms with Crippen LogP contribution in [0, 0.1) is 0 Å². The van der Waals surface area contributed by atoms with E-state index in [0.717, 1.165) is 12.1 Å². The van der Waals surface area contributed by atoms with Crippen LogP contribution in [-0.2, 0) is 21.0 Å². The van der Waals surface area contributed by atoms with Crippen LogP contribution in [0.3, 0.4) is 0 Å². The van der Waals surface area contributed by atoms with E-state index >= 15 is 0 Å². The summed E-state index contributed by atoms with van der Waals surface area (Å²) in [6, 6.07) is 9.03. The van der Waals surface area contributed by atoms with E-state index in [2.05, 4.69) is 10.0 Å². The van der Waals surface area contributed by atoms with Gasteiger partial charge in [0.2, 0.25) is 0 Å². The largest absolute Gasteiger partial charge is 0.484 e. The van der Waals surface area contributed by atoms with E-state index in [1.807, 2.05) is 0 Å². The van der Waals surface area contributed by atoms with Crippen molar-refractivity contribution >= 4 is 21.6 Å². The van der Waals surface area contributed by atoms with Crippen molar-refractivity contribution in [2.75, 3.05) is 17.9 Å². The molecule has 0 spiro atoms. The normalized spacial score (nSPS) is 11.7. The number of carbonyl (C=O) groups excluding carboxylic acids is 1. The van der Waals surface area contributed by atoms with Gasteiger partial charge in [-0.3, -0.25) is 9.52 Å². The number of anilines is 1. The Morgan fingerprint density at radius 3 is 2.37 bits per heavy atom. The van der Waals surface area contributed by atoms with E-state index in [1.54, 1.807) is 6.92 Å². The molecule has 0 aliphatic carbocycles. The van der Waals surface area contributed by atoms with Gasteiger partial charge in [0.25, 0.3) is 15.9 Å². The summed E-state index contributed by atoms with van der Waals surface area (Å²) in [6.07, 6.45) is -4.58. The van der Waals surface area contributed by atoms with Crippen molar-refractivity contribution in [3.63, 3.8) is 0 Å². The van der Waals surface area contributed by atoms with E-state index in [9.17, 15) is 26.4 Å². The number of halogens is 3. The van der Waals surface area contributed by atoms with Gasteiger partial charge >= 0.3 is 6.18 Å². The quantitative estimate of drug-likeness (QED) is 0.746. The van der Waals surface area contributed by atoms with E-state index < -0.39 is 21.8 Å². The van der Waals surface area contributed by atoms with Gasteiger partial charge in [0.1, 0.15) is 5.75 Å². The minimum absolute atomic E-state index is 0.162. The number of hydrogen-bond acceptors (Lipinski definition) is 4. The number of sulfonamides is 1. The monoisotopic (exact) mass is 402 g/mol. The molecule has 0 bridgehead atoms. The molecule has 0 saturated heterocycles. The van der Waals surface area contributed by atoms with Crippen LogP contribution in [0.2, 0.25) is 0 Å². The molecule has 0 radical (unpaired) electrons. The molecule has 0 saturated carbocycles. The summed E-state index contributed by atoms with van der Waals surface area (Å²) in [5.41, 5.74) is -1.17. The Bertz CT molecular complexity index is 897. The van der Waals surface area contributed by atoms with Gasteiger partial charge in [0, 0.05) is 12.2 Å². The molecule has 0 aromatic heterocycles. The number of rotatable bonds is 7. The van der Waals surface area contributed by atoms with Gasteiger partial charge in [-0.2, -0.15) is 13.2 Å². The topological polar surface area (TPSA) is 84.5 Å². The predicted molar refractivity (Wildman–Crippen MR) is 92.9 cm³/mol. The van der Waals surface area contributed by atoms with Crippen molar-refractivity contribution in [1.82, 2.24) is 5.32 Å². The number of likely N-dealkylation sites (N-methyl/N-ethyl adjacent to an activating group) is 1. The SMILES string of the molecule is CCNC(=O)COc1ccc(S(=O)(=O)Nc2cccc(C(F)(F)F)c2)cc1. The fraction of sp³-hybridized carbons (Fsp3) is 0.235. The zero-order valence-electron chi connectivity index (χ0n) is 14.2. The van der Waals surface area contributed by atoms with E-state index in [-0.39, 0.29) is 28.8 Å². The molecule has 0 atom stereocenters. The molecular formula is C17H17F3N2O4S. The Morgan fingerprint density at radius 2 is 1.78 bits per heavy atom. The Hall–Kier alpha value is -2.75. The molecular weight excluding hydrogens is 385 g/mol. The summed E-state index contributed by atoms with van der Waals surface area (Å²) < 4.78 is 70.1. The van der Waals surface area contributed by atoms with Crippen molar-refractivity contribution < 1.29 is 31.1 Å². The zero-order valence-corrected chi connectivity index (χ0v) is 15.0. The standard InChI is InChI=1S/C17H17F3N2O4S/c1-2-21-16(23)11-26-14-6-8-15(9-7-14)27(24,25)22-13-5-3-4-12(10-13)17(18,19)20/h3-10,22H,2,11H2,1H3,(H,21,23). The predicted octanol–water partition coefficient (Wildman–Crippen LogP) is 3.02. The summed E-state index contributed by atoms with van der Waals surface area (Å²) in [5.74, 6) is -0.0420. The van der Waals surface area contributed by atoms with Gasteiger partial charge in [-0.15, -0.1) is 0 Å². The van der Waals surface area contributed by atoms with Crippen molar-refractivity contribution in [3.8, 4) is 5.75 Å². The Kier molecular flexibility index (Phi) is 6.32. The lowest BCUT2D eigenvalue weighted by Crippen LogP contribution is -2.28. The van der Waals surface area contributed by atoms with Crippen LogP contribution in [0.1, 0.15) is 12.5 Å². The summed E-state index contributed by atoms with van der Waals surface area (Å²) in [7, 11) is -4.08. The van der Waals surface area contributed by atoms with Crippen molar-refractivity contribution in [2.24, 2.45) is 0 Å². The number of alkyl halides is 3. The van der Waals surface area contributed by atoms with Crippen LogP contribution in [0.25, 0.3) is 0 Å². The maximum absolute atomic E-state index is 12.7. The number of ether oxygens (including phenoxy) is 1. The Morgan fingerprint density at radius 1 is 1.11 bits per heavy atom. The first-order valence-electron chi connectivity index (χ1n) is 7.81. The fourth-order valence-corrected chi connectivity index (χ4v) is 3.13. The highest BCUT2D eigenvalue weighted by atomic mass is 32.2. The zero-order chi connectivity index (χ0) is 20.1. The molecule has 0 fully saturated rings. The molecule has 2 rings (SSSR count). The number of hydrogen-bond donors (Lipinski definition) is 2. The molecule has 2 N–H and O–H groups in total. The van der Waals surface area contributed by atoms with Crippen LogP contribution in [0.4, 0.5) is 18.9 Å². The first kappa shape index (κ1) is 20.6. The lowest BCUT2D eigenvalue weighted by atomic mass is 10.2. The first-order chi connectivity index (χ1) is 12.6. The number of nitrogens with one attached hydrogen (secondary N) is 2. The molecule has 2 aromatic carbocycles. The lowest BCUT2D eigenvalue weighted by molar-refractivity contribution is -0.137. The molecule has 10 heteroatoms. The highest BCUT2D eigenvalue weighted by Gasteiger charge is 2.30. The van der Waals surface area contributed by atoms with E-state index in [1.165, 1.54) is 30.3 Å². The minimum atomic E-state index is -4.58. The lowest BCUT2D eigenvalue weighted by Gasteiger charge is -2.12. The molecule has 0 heterocycles. The van der Waals surface area contributed by atoms with Crippen LogP contribution in [-0.4, -0.2) is 27.5 Å². The molecule has 27 heavy (non-hydrogen) atoms. The third-order valence-electron chi connectivity index (χ3n) is 3.32. The second-order valence-electron chi connectivity index (χ2n) is 5.40. The summed E-state index contributed by atoms with van der Waals surface area (Å²) in [4.78, 5) is 11.2. The Balaban J connectivity index is 2.10.